The number of nitrogens with zero attached hydrogens (tertiary/aromatic N) is 1. The van der Waals surface area contributed by atoms with Crippen molar-refractivity contribution in [2.45, 2.75) is 58.5 Å². The zero-order valence-electron chi connectivity index (χ0n) is 12.6. The van der Waals surface area contributed by atoms with Gasteiger partial charge in [0.1, 0.15) is 5.60 Å². The molecule has 1 amide bonds. The Morgan fingerprint density at radius 3 is 2.20 bits per heavy atom. The fourth-order valence-corrected chi connectivity index (χ4v) is 3.19. The molecule has 5 heteroatoms. The summed E-state index contributed by atoms with van der Waals surface area (Å²) < 4.78 is 5.37. The minimum absolute atomic E-state index is 0.0197. The summed E-state index contributed by atoms with van der Waals surface area (Å²) in [6.07, 6.45) is 3.87. The number of carboxylic acids is 1. The molecular weight excluding hydrogens is 258 g/mol. The van der Waals surface area contributed by atoms with Crippen molar-refractivity contribution in [2.75, 3.05) is 13.1 Å². The molecule has 0 aromatic heterocycles. The van der Waals surface area contributed by atoms with E-state index >= 15 is 0 Å². The van der Waals surface area contributed by atoms with Gasteiger partial charge in [0.25, 0.3) is 0 Å². The van der Waals surface area contributed by atoms with Gasteiger partial charge in [-0.25, -0.2) is 4.79 Å². The van der Waals surface area contributed by atoms with E-state index in [1.54, 1.807) is 4.90 Å². The minimum Gasteiger partial charge on any atom is -0.481 e. The molecule has 20 heavy (non-hydrogen) atoms. The molecule has 1 saturated carbocycles. The van der Waals surface area contributed by atoms with Crippen LogP contribution < -0.4 is 0 Å². The van der Waals surface area contributed by atoms with Crippen LogP contribution in [0, 0.1) is 11.3 Å². The second kappa shape index (κ2) is 5.26. The number of carbonyl (C=O) groups is 2. The molecule has 1 heterocycles. The minimum atomic E-state index is -0.697. The van der Waals surface area contributed by atoms with E-state index in [-0.39, 0.29) is 17.9 Å². The Morgan fingerprint density at radius 2 is 1.80 bits per heavy atom. The maximum atomic E-state index is 12.0. The summed E-state index contributed by atoms with van der Waals surface area (Å²) >= 11 is 0. The van der Waals surface area contributed by atoms with Gasteiger partial charge in [0.2, 0.25) is 0 Å². The second-order valence-electron chi connectivity index (χ2n) is 7.17. The van der Waals surface area contributed by atoms with Gasteiger partial charge in [-0.05, 0) is 57.8 Å². The summed E-state index contributed by atoms with van der Waals surface area (Å²) in [5, 5.41) is 9.00. The Hall–Kier alpha value is -1.26. The summed E-state index contributed by atoms with van der Waals surface area (Å²) in [6, 6.07) is 0. The highest BCUT2D eigenvalue weighted by molar-refractivity contribution is 5.69. The molecule has 0 unspecified atom stereocenters. The van der Waals surface area contributed by atoms with Crippen LogP contribution in [0.15, 0.2) is 0 Å². The Balaban J connectivity index is 1.84. The van der Waals surface area contributed by atoms with Gasteiger partial charge in [0, 0.05) is 13.1 Å². The molecule has 1 aliphatic carbocycles. The lowest BCUT2D eigenvalue weighted by Gasteiger charge is -2.36. The van der Waals surface area contributed by atoms with E-state index in [1.165, 1.54) is 0 Å². The van der Waals surface area contributed by atoms with Gasteiger partial charge in [0.05, 0.1) is 6.42 Å². The number of rotatable bonds is 3. The van der Waals surface area contributed by atoms with Crippen LogP contribution in [0.4, 0.5) is 4.79 Å². The third kappa shape index (κ3) is 3.64. The fraction of sp³-hybridized carbons (Fsp3) is 0.867. The van der Waals surface area contributed by atoms with Crippen LogP contribution in [0.25, 0.3) is 0 Å². The number of hydrogen-bond donors (Lipinski definition) is 1. The van der Waals surface area contributed by atoms with Gasteiger partial charge in [-0.1, -0.05) is 0 Å². The highest BCUT2D eigenvalue weighted by atomic mass is 16.6. The molecule has 2 fully saturated rings. The molecule has 5 nitrogen and oxygen atoms in total. The van der Waals surface area contributed by atoms with E-state index in [9.17, 15) is 9.59 Å². The predicted octanol–water partition coefficient (Wildman–Crippen LogP) is 2.89. The normalized spacial score (nSPS) is 22.4. The fourth-order valence-electron chi connectivity index (χ4n) is 3.19. The smallest absolute Gasteiger partial charge is 0.410 e. The molecule has 0 radical (unpaired) electrons. The van der Waals surface area contributed by atoms with Crippen molar-refractivity contribution in [3.05, 3.63) is 0 Å². The van der Waals surface area contributed by atoms with Gasteiger partial charge in [-0.2, -0.15) is 0 Å². The van der Waals surface area contributed by atoms with Crippen molar-refractivity contribution in [1.82, 2.24) is 4.90 Å². The molecule has 2 aliphatic rings. The van der Waals surface area contributed by atoms with Crippen LogP contribution in [0.1, 0.15) is 52.9 Å². The third-order valence-electron chi connectivity index (χ3n) is 4.41. The second-order valence-corrected chi connectivity index (χ2v) is 7.17. The van der Waals surface area contributed by atoms with Crippen LogP contribution in [-0.4, -0.2) is 40.8 Å². The zero-order chi connectivity index (χ0) is 15.0. The van der Waals surface area contributed by atoms with Crippen molar-refractivity contribution >= 4 is 12.1 Å². The van der Waals surface area contributed by atoms with E-state index in [0.717, 1.165) is 25.7 Å². The lowest BCUT2D eigenvalue weighted by molar-refractivity contribution is -0.139. The van der Waals surface area contributed by atoms with E-state index in [2.05, 4.69) is 0 Å². The zero-order valence-corrected chi connectivity index (χ0v) is 12.6. The van der Waals surface area contributed by atoms with Crippen LogP contribution >= 0.6 is 0 Å². The molecular formula is C15H25NO4. The van der Waals surface area contributed by atoms with Crippen molar-refractivity contribution in [3.8, 4) is 0 Å². The Bertz CT molecular complexity index is 387. The highest BCUT2D eigenvalue weighted by Gasteiger charge is 2.51. The largest absolute Gasteiger partial charge is 0.481 e. The number of hydrogen-bond acceptors (Lipinski definition) is 3. The van der Waals surface area contributed by atoms with E-state index in [1.807, 2.05) is 20.8 Å². The molecule has 0 atom stereocenters. The Morgan fingerprint density at radius 1 is 1.25 bits per heavy atom. The third-order valence-corrected chi connectivity index (χ3v) is 4.41. The molecule has 0 aromatic carbocycles. The average Bonchev–Trinajstić information content (AvgIpc) is 3.07. The quantitative estimate of drug-likeness (QED) is 0.864. The van der Waals surface area contributed by atoms with E-state index in [0.29, 0.717) is 19.0 Å². The van der Waals surface area contributed by atoms with Crippen molar-refractivity contribution in [1.29, 1.82) is 0 Å². The summed E-state index contributed by atoms with van der Waals surface area (Å²) in [4.78, 5) is 24.7. The van der Waals surface area contributed by atoms with Gasteiger partial charge in [0.15, 0.2) is 0 Å². The van der Waals surface area contributed by atoms with Crippen molar-refractivity contribution < 1.29 is 19.4 Å². The van der Waals surface area contributed by atoms with Crippen LogP contribution in [0.2, 0.25) is 0 Å². The number of likely N-dealkylation sites (tertiary alicyclic amines) is 1. The number of piperidine rings is 1. The molecule has 1 N–H and O–H groups in total. The Labute approximate surface area is 120 Å². The van der Waals surface area contributed by atoms with Crippen LogP contribution in [0.3, 0.4) is 0 Å². The standard InChI is InChI=1S/C15H25NO4/c1-14(2,3)20-13(19)16-8-4-11(5-9-16)15(6-7-15)10-12(17)18/h11H,4-10H2,1-3H3,(H,17,18). The first kappa shape index (κ1) is 15.1. The summed E-state index contributed by atoms with van der Waals surface area (Å²) in [5.74, 6) is -0.255. The molecule has 114 valence electrons. The van der Waals surface area contributed by atoms with Crippen molar-refractivity contribution in [2.24, 2.45) is 11.3 Å². The van der Waals surface area contributed by atoms with Gasteiger partial charge < -0.3 is 14.7 Å². The maximum absolute atomic E-state index is 12.0. The van der Waals surface area contributed by atoms with Gasteiger partial charge in [-0.3, -0.25) is 4.79 Å². The molecule has 2 rings (SSSR count). The van der Waals surface area contributed by atoms with E-state index in [4.69, 9.17) is 9.84 Å². The number of aliphatic carboxylic acids is 1. The van der Waals surface area contributed by atoms with Crippen LogP contribution in [0.5, 0.6) is 0 Å². The molecule has 1 saturated heterocycles. The monoisotopic (exact) mass is 283 g/mol. The van der Waals surface area contributed by atoms with E-state index < -0.39 is 11.6 Å². The average molecular weight is 283 g/mol. The first-order chi connectivity index (χ1) is 9.22. The number of amides is 1. The maximum Gasteiger partial charge on any atom is 0.410 e. The number of ether oxygens (including phenoxy) is 1. The number of carbonyl (C=O) groups excluding carboxylic acids is 1. The van der Waals surface area contributed by atoms with Gasteiger partial charge >= 0.3 is 12.1 Å². The molecule has 0 spiro atoms. The summed E-state index contributed by atoms with van der Waals surface area (Å²) in [7, 11) is 0. The first-order valence-electron chi connectivity index (χ1n) is 7.42. The Kier molecular flexibility index (Phi) is 3.98. The van der Waals surface area contributed by atoms with Crippen molar-refractivity contribution in [3.63, 3.8) is 0 Å². The molecule has 0 aromatic rings. The molecule has 1 aliphatic heterocycles. The lowest BCUT2D eigenvalue weighted by atomic mass is 9.79. The topological polar surface area (TPSA) is 66.8 Å². The first-order valence-corrected chi connectivity index (χ1v) is 7.42. The number of carboxylic acid groups (broad SMARTS) is 1. The highest BCUT2D eigenvalue weighted by Crippen LogP contribution is 2.57. The summed E-state index contributed by atoms with van der Waals surface area (Å²) in [6.45, 7) is 6.96. The summed E-state index contributed by atoms with van der Waals surface area (Å²) in [5.41, 5.74) is -0.444. The SMILES string of the molecule is CC(C)(C)OC(=O)N1CCC(C2(CC(=O)O)CC2)CC1. The van der Waals surface area contributed by atoms with Crippen LogP contribution in [-0.2, 0) is 9.53 Å². The molecule has 0 bridgehead atoms. The lowest BCUT2D eigenvalue weighted by Crippen LogP contribution is -2.43. The van der Waals surface area contributed by atoms with Gasteiger partial charge in [-0.15, -0.1) is 0 Å². The predicted molar refractivity (Wildman–Crippen MR) is 74.5 cm³/mol.